The molecule has 0 unspecified atom stereocenters. The molecule has 1 saturated carbocycles. The van der Waals surface area contributed by atoms with E-state index in [1.54, 1.807) is 13.0 Å². The largest absolute Gasteiger partial charge is 0.469 e. The van der Waals surface area contributed by atoms with Crippen LogP contribution in [0.3, 0.4) is 0 Å². The molecule has 27 heavy (non-hydrogen) atoms. The molecule has 3 N–H and O–H groups in total. The summed E-state index contributed by atoms with van der Waals surface area (Å²) in [6.07, 6.45) is 13.4. The number of esters is 1. The van der Waals surface area contributed by atoms with Gasteiger partial charge in [-0.05, 0) is 38.5 Å². The molecular formula is C22H38O5. The normalized spacial score (nSPS) is 28.1. The maximum Gasteiger partial charge on any atom is 0.305 e. The maximum atomic E-state index is 11.1. The number of unbranched alkanes of at least 4 members (excludes halogenated alkanes) is 3. The minimum atomic E-state index is -0.878. The Bertz CT molecular complexity index is 483. The Morgan fingerprint density at radius 1 is 1.19 bits per heavy atom. The predicted molar refractivity (Wildman–Crippen MR) is 107 cm³/mol. The van der Waals surface area contributed by atoms with Crippen molar-refractivity contribution in [2.45, 2.75) is 89.4 Å². The molecule has 0 aromatic heterocycles. The first-order valence-electron chi connectivity index (χ1n) is 10.3. The fourth-order valence-corrected chi connectivity index (χ4v) is 3.68. The number of carbonyl (C=O) groups is 1. The van der Waals surface area contributed by atoms with Crippen molar-refractivity contribution >= 4 is 5.97 Å². The third-order valence-corrected chi connectivity index (χ3v) is 5.43. The van der Waals surface area contributed by atoms with Gasteiger partial charge < -0.3 is 20.1 Å². The van der Waals surface area contributed by atoms with Crippen molar-refractivity contribution in [2.75, 3.05) is 7.11 Å². The fraction of sp³-hybridized carbons (Fsp3) is 0.773. The van der Waals surface area contributed by atoms with Crippen LogP contribution in [0.2, 0.25) is 0 Å². The van der Waals surface area contributed by atoms with Crippen LogP contribution in [-0.4, -0.2) is 46.2 Å². The molecule has 0 spiro atoms. The summed E-state index contributed by atoms with van der Waals surface area (Å²) in [5.41, 5.74) is -0.878. The van der Waals surface area contributed by atoms with Crippen LogP contribution in [0.1, 0.15) is 71.6 Å². The zero-order valence-electron chi connectivity index (χ0n) is 17.1. The van der Waals surface area contributed by atoms with Gasteiger partial charge in [-0.2, -0.15) is 0 Å². The molecular weight excluding hydrogens is 344 g/mol. The summed E-state index contributed by atoms with van der Waals surface area (Å²) in [5, 5.41) is 31.1. The molecule has 0 saturated heterocycles. The van der Waals surface area contributed by atoms with Gasteiger partial charge in [-0.15, -0.1) is 0 Å². The lowest BCUT2D eigenvalue weighted by Gasteiger charge is -2.23. The molecule has 0 bridgehead atoms. The number of aliphatic hydroxyl groups is 3. The van der Waals surface area contributed by atoms with Gasteiger partial charge in [0, 0.05) is 18.8 Å². The van der Waals surface area contributed by atoms with Gasteiger partial charge in [-0.25, -0.2) is 0 Å². The number of rotatable bonds is 12. The monoisotopic (exact) mass is 382 g/mol. The minimum absolute atomic E-state index is 0.0560. The zero-order chi connectivity index (χ0) is 20.3. The molecule has 0 radical (unpaired) electrons. The molecule has 1 rings (SSSR count). The fourth-order valence-electron chi connectivity index (χ4n) is 3.68. The van der Waals surface area contributed by atoms with Crippen molar-refractivity contribution in [3.8, 4) is 0 Å². The Balaban J connectivity index is 2.54. The number of aliphatic hydroxyl groups excluding tert-OH is 2. The van der Waals surface area contributed by atoms with Crippen molar-refractivity contribution in [1.29, 1.82) is 0 Å². The van der Waals surface area contributed by atoms with E-state index in [9.17, 15) is 20.1 Å². The number of hydrogen-bond acceptors (Lipinski definition) is 5. The molecule has 0 heterocycles. The average molecular weight is 383 g/mol. The van der Waals surface area contributed by atoms with Gasteiger partial charge in [-0.3, -0.25) is 4.79 Å². The van der Waals surface area contributed by atoms with Crippen LogP contribution in [0, 0.1) is 11.8 Å². The van der Waals surface area contributed by atoms with Gasteiger partial charge >= 0.3 is 5.97 Å². The average Bonchev–Trinajstić information content (AvgIpc) is 2.89. The molecule has 156 valence electrons. The second-order valence-electron chi connectivity index (χ2n) is 7.96. The summed E-state index contributed by atoms with van der Waals surface area (Å²) < 4.78 is 4.61. The quantitative estimate of drug-likeness (QED) is 0.273. The Hall–Kier alpha value is -1.17. The van der Waals surface area contributed by atoms with Crippen LogP contribution in [-0.2, 0) is 9.53 Å². The van der Waals surface area contributed by atoms with Gasteiger partial charge in [0.05, 0.1) is 24.9 Å². The van der Waals surface area contributed by atoms with Crippen molar-refractivity contribution in [2.24, 2.45) is 11.8 Å². The van der Waals surface area contributed by atoms with E-state index in [0.717, 1.165) is 32.1 Å². The Kier molecular flexibility index (Phi) is 10.9. The third kappa shape index (κ3) is 9.04. The summed E-state index contributed by atoms with van der Waals surface area (Å²) in [7, 11) is 1.39. The maximum absolute atomic E-state index is 11.1. The van der Waals surface area contributed by atoms with Crippen LogP contribution >= 0.6 is 0 Å². The number of methoxy groups -OCH3 is 1. The summed E-state index contributed by atoms with van der Waals surface area (Å²) in [6, 6.07) is 0. The van der Waals surface area contributed by atoms with E-state index in [0.29, 0.717) is 25.7 Å². The van der Waals surface area contributed by atoms with Gasteiger partial charge in [0.2, 0.25) is 0 Å². The lowest BCUT2D eigenvalue weighted by Crippen LogP contribution is -2.24. The molecule has 5 heteroatoms. The summed E-state index contributed by atoms with van der Waals surface area (Å²) in [4.78, 5) is 11.1. The lowest BCUT2D eigenvalue weighted by atomic mass is 9.88. The molecule has 0 aromatic carbocycles. The number of ether oxygens (including phenoxy) is 1. The summed E-state index contributed by atoms with van der Waals surface area (Å²) in [5.74, 6) is -0.411. The van der Waals surface area contributed by atoms with E-state index in [1.807, 2.05) is 18.2 Å². The van der Waals surface area contributed by atoms with E-state index in [2.05, 4.69) is 11.7 Å². The number of hydrogen-bond donors (Lipinski definition) is 3. The van der Waals surface area contributed by atoms with Gasteiger partial charge in [-0.1, -0.05) is 50.5 Å². The standard InChI is InChI=1S/C22H38O5/c1-4-5-10-14-22(2,26)15-13-18-17(19(23)16-20(18)24)11-8-6-7-9-12-21(25)27-3/h6,8,13,15,17-20,23-24,26H,4-5,7,9-12,14,16H2,1-3H3/b8-6-,15-13+/t17-,18-,19+,20-,22-/m1/s1. The molecule has 0 amide bonds. The van der Waals surface area contributed by atoms with Crippen LogP contribution in [0.25, 0.3) is 0 Å². The van der Waals surface area contributed by atoms with Crippen LogP contribution < -0.4 is 0 Å². The molecule has 5 nitrogen and oxygen atoms in total. The zero-order valence-corrected chi connectivity index (χ0v) is 17.1. The second kappa shape index (κ2) is 12.3. The van der Waals surface area contributed by atoms with Gasteiger partial charge in [0.25, 0.3) is 0 Å². The molecule has 0 aliphatic heterocycles. The highest BCUT2D eigenvalue weighted by atomic mass is 16.5. The van der Waals surface area contributed by atoms with Crippen molar-refractivity contribution < 1.29 is 24.9 Å². The first kappa shape index (κ1) is 23.9. The van der Waals surface area contributed by atoms with E-state index >= 15 is 0 Å². The Labute approximate surface area is 164 Å². The Morgan fingerprint density at radius 3 is 2.59 bits per heavy atom. The number of allylic oxidation sites excluding steroid dienone is 2. The van der Waals surface area contributed by atoms with Crippen molar-refractivity contribution in [1.82, 2.24) is 0 Å². The van der Waals surface area contributed by atoms with Crippen LogP contribution in [0.4, 0.5) is 0 Å². The first-order chi connectivity index (χ1) is 12.8. The molecule has 5 atom stereocenters. The van der Waals surface area contributed by atoms with Gasteiger partial charge in [0.15, 0.2) is 0 Å². The first-order valence-corrected chi connectivity index (χ1v) is 10.3. The van der Waals surface area contributed by atoms with E-state index in [-0.39, 0.29) is 17.8 Å². The van der Waals surface area contributed by atoms with E-state index in [1.165, 1.54) is 7.11 Å². The Morgan fingerprint density at radius 2 is 1.93 bits per heavy atom. The van der Waals surface area contributed by atoms with E-state index < -0.39 is 17.8 Å². The highest BCUT2D eigenvalue weighted by Crippen LogP contribution is 2.37. The lowest BCUT2D eigenvalue weighted by molar-refractivity contribution is -0.140. The molecule has 0 aromatic rings. The SMILES string of the molecule is CCCCC[C@@](C)(O)/C=C/[C@@H]1[C@@H](C/C=C\CCCC(=O)OC)[C@@H](O)C[C@H]1O. The smallest absolute Gasteiger partial charge is 0.305 e. The minimum Gasteiger partial charge on any atom is -0.469 e. The summed E-state index contributed by atoms with van der Waals surface area (Å²) in [6.45, 7) is 3.93. The molecule has 1 aliphatic carbocycles. The predicted octanol–water partition coefficient (Wildman–Crippen LogP) is 3.52. The second-order valence-corrected chi connectivity index (χ2v) is 7.96. The summed E-state index contributed by atoms with van der Waals surface area (Å²) >= 11 is 0. The van der Waals surface area contributed by atoms with Crippen molar-refractivity contribution in [3.63, 3.8) is 0 Å². The van der Waals surface area contributed by atoms with Crippen LogP contribution in [0.15, 0.2) is 24.3 Å². The highest BCUT2D eigenvalue weighted by Gasteiger charge is 2.39. The van der Waals surface area contributed by atoms with Crippen molar-refractivity contribution in [3.05, 3.63) is 24.3 Å². The van der Waals surface area contributed by atoms with E-state index in [4.69, 9.17) is 0 Å². The molecule has 1 aliphatic rings. The van der Waals surface area contributed by atoms with Gasteiger partial charge in [0.1, 0.15) is 0 Å². The van der Waals surface area contributed by atoms with Crippen LogP contribution in [0.5, 0.6) is 0 Å². The molecule has 1 fully saturated rings. The third-order valence-electron chi connectivity index (χ3n) is 5.43. The highest BCUT2D eigenvalue weighted by molar-refractivity contribution is 5.69. The topological polar surface area (TPSA) is 87.0 Å². The number of carbonyl (C=O) groups excluding carboxylic acids is 1.